The van der Waals surface area contributed by atoms with Crippen molar-refractivity contribution in [2.75, 3.05) is 20.1 Å². The molecule has 6 heteroatoms. The summed E-state index contributed by atoms with van der Waals surface area (Å²) in [5, 5.41) is 10.7. The number of hydrogen-bond donors (Lipinski definition) is 3. The summed E-state index contributed by atoms with van der Waals surface area (Å²) in [5.41, 5.74) is 2.36. The maximum absolute atomic E-state index is 12.0. The number of para-hydroxylation sites is 1. The molecular formula is C23H29N5O. The first kappa shape index (κ1) is 20.5. The van der Waals surface area contributed by atoms with Gasteiger partial charge in [-0.3, -0.25) is 9.79 Å². The number of aliphatic imine (C=N–C) groups is 1. The van der Waals surface area contributed by atoms with Crippen LogP contribution in [-0.2, 0) is 17.9 Å². The van der Waals surface area contributed by atoms with E-state index in [1.807, 2.05) is 30.3 Å². The lowest BCUT2D eigenvalue weighted by atomic mass is 10.2. The van der Waals surface area contributed by atoms with E-state index in [0.717, 1.165) is 31.0 Å². The van der Waals surface area contributed by atoms with E-state index in [1.54, 1.807) is 7.05 Å². The number of fused-ring (bicyclic) bond motifs is 1. The smallest absolute Gasteiger partial charge is 0.222 e. The molecule has 3 N–H and O–H groups in total. The second-order valence-electron chi connectivity index (χ2n) is 6.86. The van der Waals surface area contributed by atoms with Crippen LogP contribution >= 0.6 is 0 Å². The molecule has 0 aliphatic heterocycles. The first-order valence-electron chi connectivity index (χ1n) is 10.1. The minimum Gasteiger partial charge on any atom is -0.356 e. The third kappa shape index (κ3) is 6.38. The topological polar surface area (TPSA) is 70.5 Å². The van der Waals surface area contributed by atoms with Crippen molar-refractivity contribution in [3.8, 4) is 0 Å². The van der Waals surface area contributed by atoms with Crippen LogP contribution in [0.2, 0.25) is 0 Å². The van der Waals surface area contributed by atoms with E-state index in [0.29, 0.717) is 19.5 Å². The van der Waals surface area contributed by atoms with Gasteiger partial charge < -0.3 is 20.5 Å². The Morgan fingerprint density at radius 2 is 1.69 bits per heavy atom. The minimum absolute atomic E-state index is 0.0243. The van der Waals surface area contributed by atoms with Crippen LogP contribution in [0.1, 0.15) is 18.4 Å². The fourth-order valence-corrected chi connectivity index (χ4v) is 3.19. The van der Waals surface area contributed by atoms with Gasteiger partial charge in [0.05, 0.1) is 0 Å². The average molecular weight is 392 g/mol. The number of benzene rings is 2. The van der Waals surface area contributed by atoms with E-state index in [1.165, 1.54) is 10.9 Å². The fraction of sp³-hybridized carbons (Fsp3) is 0.304. The molecular weight excluding hydrogens is 362 g/mol. The third-order valence-corrected chi connectivity index (χ3v) is 4.75. The van der Waals surface area contributed by atoms with Crippen molar-refractivity contribution in [3.05, 3.63) is 72.4 Å². The average Bonchev–Trinajstić information content (AvgIpc) is 3.18. The van der Waals surface area contributed by atoms with Gasteiger partial charge in [0.15, 0.2) is 5.96 Å². The van der Waals surface area contributed by atoms with Gasteiger partial charge in [-0.05, 0) is 29.5 Å². The van der Waals surface area contributed by atoms with Crippen molar-refractivity contribution in [1.82, 2.24) is 20.5 Å². The summed E-state index contributed by atoms with van der Waals surface area (Å²) in [6.07, 6.45) is 3.52. The van der Waals surface area contributed by atoms with Gasteiger partial charge in [-0.15, -0.1) is 0 Å². The standard InChI is InChI=1S/C23H29N5O/c1-24-23(26-15-12-22(29)27-18-19-8-3-2-4-9-19)25-14-7-16-28-17-13-20-10-5-6-11-21(20)28/h2-6,8-11,13,17H,7,12,14-16,18H2,1H3,(H,27,29)(H2,24,25,26). The fourth-order valence-electron chi connectivity index (χ4n) is 3.19. The molecule has 0 saturated carbocycles. The highest BCUT2D eigenvalue weighted by Crippen LogP contribution is 2.15. The number of amides is 1. The second-order valence-corrected chi connectivity index (χ2v) is 6.86. The molecule has 152 valence electrons. The van der Waals surface area contributed by atoms with Gasteiger partial charge in [0, 0.05) is 51.4 Å². The van der Waals surface area contributed by atoms with Crippen LogP contribution in [-0.4, -0.2) is 36.6 Å². The summed E-state index contributed by atoms with van der Waals surface area (Å²) >= 11 is 0. The highest BCUT2D eigenvalue weighted by Gasteiger charge is 2.03. The van der Waals surface area contributed by atoms with Crippen LogP contribution in [0.3, 0.4) is 0 Å². The van der Waals surface area contributed by atoms with Crippen LogP contribution in [0.25, 0.3) is 10.9 Å². The summed E-state index contributed by atoms with van der Waals surface area (Å²) in [7, 11) is 1.74. The molecule has 1 heterocycles. The summed E-state index contributed by atoms with van der Waals surface area (Å²) < 4.78 is 2.27. The van der Waals surface area contributed by atoms with Crippen LogP contribution < -0.4 is 16.0 Å². The molecule has 0 fully saturated rings. The molecule has 0 spiro atoms. The number of guanidine groups is 1. The van der Waals surface area contributed by atoms with Crippen LogP contribution in [0.5, 0.6) is 0 Å². The Balaban J connectivity index is 1.30. The van der Waals surface area contributed by atoms with E-state index in [2.05, 4.69) is 62.0 Å². The lowest BCUT2D eigenvalue weighted by Crippen LogP contribution is -2.39. The van der Waals surface area contributed by atoms with Crippen molar-refractivity contribution in [2.24, 2.45) is 4.99 Å². The molecule has 0 saturated heterocycles. The molecule has 3 aromatic rings. The Morgan fingerprint density at radius 3 is 2.52 bits per heavy atom. The Morgan fingerprint density at radius 1 is 0.931 bits per heavy atom. The zero-order valence-corrected chi connectivity index (χ0v) is 16.9. The molecule has 0 radical (unpaired) electrons. The number of nitrogens with one attached hydrogen (secondary N) is 3. The first-order chi connectivity index (χ1) is 14.3. The molecule has 1 aromatic heterocycles. The minimum atomic E-state index is 0.0243. The van der Waals surface area contributed by atoms with E-state index in [-0.39, 0.29) is 5.91 Å². The second kappa shape index (κ2) is 10.9. The number of aryl methyl sites for hydroxylation is 1. The zero-order chi connectivity index (χ0) is 20.3. The molecule has 0 aliphatic rings. The van der Waals surface area contributed by atoms with E-state index < -0.39 is 0 Å². The van der Waals surface area contributed by atoms with E-state index in [4.69, 9.17) is 0 Å². The molecule has 1 amide bonds. The number of nitrogens with zero attached hydrogens (tertiary/aromatic N) is 2. The van der Waals surface area contributed by atoms with E-state index in [9.17, 15) is 4.79 Å². The highest BCUT2D eigenvalue weighted by atomic mass is 16.1. The van der Waals surface area contributed by atoms with Gasteiger partial charge in [0.2, 0.25) is 5.91 Å². The molecule has 3 rings (SSSR count). The monoisotopic (exact) mass is 391 g/mol. The Hall–Kier alpha value is -3.28. The number of hydrogen-bond acceptors (Lipinski definition) is 2. The van der Waals surface area contributed by atoms with Crippen molar-refractivity contribution in [3.63, 3.8) is 0 Å². The zero-order valence-electron chi connectivity index (χ0n) is 16.9. The molecule has 0 unspecified atom stereocenters. The van der Waals surface area contributed by atoms with Crippen molar-refractivity contribution in [2.45, 2.75) is 25.9 Å². The van der Waals surface area contributed by atoms with Crippen LogP contribution in [0.4, 0.5) is 0 Å². The highest BCUT2D eigenvalue weighted by molar-refractivity contribution is 5.81. The number of rotatable bonds is 9. The Bertz CT molecular complexity index is 933. The number of carbonyl (C=O) groups is 1. The maximum Gasteiger partial charge on any atom is 0.222 e. The van der Waals surface area contributed by atoms with E-state index >= 15 is 0 Å². The summed E-state index contributed by atoms with van der Waals surface area (Å²) in [6, 6.07) is 20.5. The molecule has 0 aliphatic carbocycles. The first-order valence-corrected chi connectivity index (χ1v) is 10.1. The summed E-state index contributed by atoms with van der Waals surface area (Å²) in [4.78, 5) is 16.2. The summed E-state index contributed by atoms with van der Waals surface area (Å²) in [5.74, 6) is 0.745. The molecule has 29 heavy (non-hydrogen) atoms. The van der Waals surface area contributed by atoms with Gasteiger partial charge in [-0.25, -0.2) is 0 Å². The third-order valence-electron chi connectivity index (χ3n) is 4.75. The maximum atomic E-state index is 12.0. The van der Waals surface area contributed by atoms with Crippen molar-refractivity contribution < 1.29 is 4.79 Å². The molecule has 0 bridgehead atoms. The lowest BCUT2D eigenvalue weighted by Gasteiger charge is -2.12. The quantitative estimate of drug-likeness (QED) is 0.298. The SMILES string of the molecule is CN=C(NCCCn1ccc2ccccc21)NCCC(=O)NCc1ccccc1. The van der Waals surface area contributed by atoms with Gasteiger partial charge in [-0.1, -0.05) is 48.5 Å². The predicted octanol–water partition coefficient (Wildman–Crippen LogP) is 2.90. The predicted molar refractivity (Wildman–Crippen MR) is 119 cm³/mol. The molecule has 6 nitrogen and oxygen atoms in total. The Kier molecular flexibility index (Phi) is 7.69. The summed E-state index contributed by atoms with van der Waals surface area (Å²) in [6.45, 7) is 2.86. The number of carbonyl (C=O) groups excluding carboxylic acids is 1. The molecule has 2 aromatic carbocycles. The van der Waals surface area contributed by atoms with Crippen LogP contribution in [0, 0.1) is 0 Å². The van der Waals surface area contributed by atoms with Gasteiger partial charge >= 0.3 is 0 Å². The Labute approximate surface area is 172 Å². The van der Waals surface area contributed by atoms with Crippen molar-refractivity contribution in [1.29, 1.82) is 0 Å². The van der Waals surface area contributed by atoms with Gasteiger partial charge in [0.25, 0.3) is 0 Å². The van der Waals surface area contributed by atoms with Crippen LogP contribution in [0.15, 0.2) is 71.9 Å². The van der Waals surface area contributed by atoms with Crippen molar-refractivity contribution >= 4 is 22.8 Å². The molecule has 0 atom stereocenters. The van der Waals surface area contributed by atoms with Gasteiger partial charge in [-0.2, -0.15) is 0 Å². The normalized spacial score (nSPS) is 11.4. The van der Waals surface area contributed by atoms with Gasteiger partial charge in [0.1, 0.15) is 0 Å². The number of aromatic nitrogens is 1. The largest absolute Gasteiger partial charge is 0.356 e. The lowest BCUT2D eigenvalue weighted by molar-refractivity contribution is -0.121.